The standard InChI is InChI=1S/C12H17NO6/c1-7(14)19-9-6-5-8(12(16)17-3)10(9)11(15)13(2)18-4/h5-6,8-10H,1-4H3. The maximum Gasteiger partial charge on any atom is 0.313 e. The Morgan fingerprint density at radius 3 is 2.26 bits per heavy atom. The van der Waals surface area contributed by atoms with E-state index in [9.17, 15) is 14.4 Å². The topological polar surface area (TPSA) is 82.1 Å². The molecule has 7 nitrogen and oxygen atoms in total. The Bertz CT molecular complexity index is 405. The second-order valence-electron chi connectivity index (χ2n) is 4.05. The zero-order valence-electron chi connectivity index (χ0n) is 11.3. The highest BCUT2D eigenvalue weighted by Crippen LogP contribution is 2.30. The van der Waals surface area contributed by atoms with Crippen molar-refractivity contribution in [1.29, 1.82) is 0 Å². The lowest BCUT2D eigenvalue weighted by Gasteiger charge is -2.26. The Hall–Kier alpha value is -1.89. The molecule has 0 fully saturated rings. The fraction of sp³-hybridized carbons (Fsp3) is 0.583. The maximum absolute atomic E-state index is 12.2. The Balaban J connectivity index is 2.96. The SMILES string of the molecule is COC(=O)C1C=CC(OC(C)=O)C1C(=O)N(C)OC. The molecule has 0 aromatic heterocycles. The average Bonchev–Trinajstić information content (AvgIpc) is 2.78. The number of amides is 1. The van der Waals surface area contributed by atoms with Gasteiger partial charge in [-0.05, 0) is 6.08 Å². The van der Waals surface area contributed by atoms with Crippen LogP contribution in [0, 0.1) is 11.8 Å². The van der Waals surface area contributed by atoms with E-state index in [0.717, 1.165) is 5.06 Å². The number of carbonyl (C=O) groups excluding carboxylic acids is 3. The van der Waals surface area contributed by atoms with Crippen LogP contribution in [0.1, 0.15) is 6.92 Å². The molecule has 106 valence electrons. The second kappa shape index (κ2) is 6.33. The number of hydrogen-bond donors (Lipinski definition) is 0. The van der Waals surface area contributed by atoms with E-state index in [1.165, 1.54) is 40.3 Å². The minimum Gasteiger partial charge on any atom is -0.469 e. The number of rotatable bonds is 4. The lowest BCUT2D eigenvalue weighted by Crippen LogP contribution is -2.42. The van der Waals surface area contributed by atoms with E-state index in [2.05, 4.69) is 4.74 Å². The van der Waals surface area contributed by atoms with Crippen molar-refractivity contribution in [1.82, 2.24) is 5.06 Å². The summed E-state index contributed by atoms with van der Waals surface area (Å²) in [5, 5.41) is 0.990. The van der Waals surface area contributed by atoms with Crippen molar-refractivity contribution in [3.8, 4) is 0 Å². The molecule has 0 bridgehead atoms. The van der Waals surface area contributed by atoms with Gasteiger partial charge in [0.2, 0.25) is 0 Å². The van der Waals surface area contributed by atoms with E-state index < -0.39 is 35.8 Å². The van der Waals surface area contributed by atoms with Gasteiger partial charge in [0.1, 0.15) is 6.10 Å². The van der Waals surface area contributed by atoms with Crippen LogP contribution in [0.5, 0.6) is 0 Å². The Labute approximate surface area is 111 Å². The number of methoxy groups -OCH3 is 1. The summed E-state index contributed by atoms with van der Waals surface area (Å²) in [6.07, 6.45) is 2.22. The summed E-state index contributed by atoms with van der Waals surface area (Å²) >= 11 is 0. The van der Waals surface area contributed by atoms with Gasteiger partial charge in [0.25, 0.3) is 5.91 Å². The van der Waals surface area contributed by atoms with Crippen LogP contribution >= 0.6 is 0 Å². The van der Waals surface area contributed by atoms with E-state index in [0.29, 0.717) is 0 Å². The molecule has 7 heteroatoms. The van der Waals surface area contributed by atoms with Crippen LogP contribution < -0.4 is 0 Å². The van der Waals surface area contributed by atoms with Gasteiger partial charge in [-0.3, -0.25) is 19.2 Å². The van der Waals surface area contributed by atoms with Crippen LogP contribution in [0.4, 0.5) is 0 Å². The lowest BCUT2D eigenvalue weighted by atomic mass is 9.92. The van der Waals surface area contributed by atoms with Crippen molar-refractivity contribution < 1.29 is 28.7 Å². The van der Waals surface area contributed by atoms with Crippen LogP contribution in [-0.2, 0) is 28.7 Å². The molecule has 3 unspecified atom stereocenters. The highest BCUT2D eigenvalue weighted by molar-refractivity contribution is 5.88. The highest BCUT2D eigenvalue weighted by Gasteiger charge is 2.45. The molecule has 0 aliphatic heterocycles. The summed E-state index contributed by atoms with van der Waals surface area (Å²) in [5.41, 5.74) is 0. The molecule has 1 rings (SSSR count). The molecule has 1 amide bonds. The largest absolute Gasteiger partial charge is 0.469 e. The van der Waals surface area contributed by atoms with Crippen molar-refractivity contribution in [3.63, 3.8) is 0 Å². The number of hydrogen-bond acceptors (Lipinski definition) is 6. The molecule has 1 aliphatic rings. The number of esters is 2. The molecule has 0 spiro atoms. The fourth-order valence-electron chi connectivity index (χ4n) is 1.93. The summed E-state index contributed by atoms with van der Waals surface area (Å²) in [6.45, 7) is 1.24. The molecule has 0 saturated heterocycles. The van der Waals surface area contributed by atoms with Crippen molar-refractivity contribution in [3.05, 3.63) is 12.2 Å². The molecular formula is C12H17NO6. The van der Waals surface area contributed by atoms with Gasteiger partial charge in [-0.15, -0.1) is 0 Å². The number of ether oxygens (including phenoxy) is 2. The van der Waals surface area contributed by atoms with Crippen molar-refractivity contribution >= 4 is 17.8 Å². The summed E-state index contributed by atoms with van der Waals surface area (Å²) in [7, 11) is 3.98. The predicted octanol–water partition coefficient (Wildman–Crippen LogP) is -0.0869. The Morgan fingerprint density at radius 2 is 1.79 bits per heavy atom. The quantitative estimate of drug-likeness (QED) is 0.404. The Kier molecular flexibility index (Phi) is 5.05. The first-order chi connectivity index (χ1) is 8.92. The van der Waals surface area contributed by atoms with E-state index in [-0.39, 0.29) is 0 Å². The zero-order valence-corrected chi connectivity index (χ0v) is 11.3. The highest BCUT2D eigenvalue weighted by atomic mass is 16.7. The summed E-state index contributed by atoms with van der Waals surface area (Å²) in [4.78, 5) is 39.6. The predicted molar refractivity (Wildman–Crippen MR) is 63.5 cm³/mol. The number of hydroxylamine groups is 2. The van der Waals surface area contributed by atoms with Gasteiger partial charge in [-0.2, -0.15) is 0 Å². The van der Waals surface area contributed by atoms with Crippen molar-refractivity contribution in [2.75, 3.05) is 21.3 Å². The van der Waals surface area contributed by atoms with Crippen molar-refractivity contribution in [2.24, 2.45) is 11.8 Å². The smallest absolute Gasteiger partial charge is 0.313 e. The number of carbonyl (C=O) groups is 3. The Morgan fingerprint density at radius 1 is 1.16 bits per heavy atom. The summed E-state index contributed by atoms with van der Waals surface area (Å²) < 4.78 is 9.67. The van der Waals surface area contributed by atoms with Gasteiger partial charge >= 0.3 is 11.9 Å². The molecule has 3 atom stereocenters. The first kappa shape index (κ1) is 15.2. The van der Waals surface area contributed by atoms with Crippen molar-refractivity contribution in [2.45, 2.75) is 13.0 Å². The molecule has 0 aromatic carbocycles. The van der Waals surface area contributed by atoms with Crippen LogP contribution in [0.2, 0.25) is 0 Å². The normalized spacial score (nSPS) is 24.9. The van der Waals surface area contributed by atoms with Gasteiger partial charge < -0.3 is 9.47 Å². The minimum absolute atomic E-state index is 0.464. The van der Waals surface area contributed by atoms with Gasteiger partial charge in [0, 0.05) is 14.0 Å². The second-order valence-corrected chi connectivity index (χ2v) is 4.05. The first-order valence-electron chi connectivity index (χ1n) is 5.67. The monoisotopic (exact) mass is 271 g/mol. The van der Waals surface area contributed by atoms with E-state index in [4.69, 9.17) is 9.57 Å². The molecular weight excluding hydrogens is 254 g/mol. The minimum atomic E-state index is -0.874. The third kappa shape index (κ3) is 3.31. The average molecular weight is 271 g/mol. The third-order valence-corrected chi connectivity index (χ3v) is 2.89. The van der Waals surface area contributed by atoms with Gasteiger partial charge in [0.05, 0.1) is 26.1 Å². The van der Waals surface area contributed by atoms with Crippen LogP contribution in [0.15, 0.2) is 12.2 Å². The van der Waals surface area contributed by atoms with E-state index in [1.807, 2.05) is 0 Å². The number of nitrogens with zero attached hydrogens (tertiary/aromatic N) is 1. The van der Waals surface area contributed by atoms with Gasteiger partial charge in [0.15, 0.2) is 0 Å². The molecule has 1 aliphatic carbocycles. The zero-order chi connectivity index (χ0) is 14.6. The third-order valence-electron chi connectivity index (χ3n) is 2.89. The fourth-order valence-corrected chi connectivity index (χ4v) is 1.93. The molecule has 0 heterocycles. The maximum atomic E-state index is 12.2. The molecule has 0 saturated carbocycles. The molecule has 0 aromatic rings. The van der Waals surface area contributed by atoms with Crippen LogP contribution in [-0.4, -0.2) is 50.3 Å². The van der Waals surface area contributed by atoms with Gasteiger partial charge in [-0.1, -0.05) is 6.08 Å². The molecule has 0 N–H and O–H groups in total. The van der Waals surface area contributed by atoms with E-state index >= 15 is 0 Å². The lowest BCUT2D eigenvalue weighted by molar-refractivity contribution is -0.181. The summed E-state index contributed by atoms with van der Waals surface area (Å²) in [6, 6.07) is 0. The molecule has 0 radical (unpaired) electrons. The van der Waals surface area contributed by atoms with E-state index in [1.54, 1.807) is 0 Å². The van der Waals surface area contributed by atoms with Crippen LogP contribution in [0.3, 0.4) is 0 Å². The summed E-state index contributed by atoms with van der Waals surface area (Å²) in [5.74, 6) is -3.22. The molecule has 19 heavy (non-hydrogen) atoms. The first-order valence-corrected chi connectivity index (χ1v) is 5.67. The van der Waals surface area contributed by atoms with Crippen LogP contribution in [0.25, 0.3) is 0 Å². The van der Waals surface area contributed by atoms with Gasteiger partial charge in [-0.25, -0.2) is 5.06 Å².